The summed E-state index contributed by atoms with van der Waals surface area (Å²) in [5.41, 5.74) is 7.21. The number of aromatic nitrogens is 1. The van der Waals surface area contributed by atoms with E-state index in [-0.39, 0.29) is 5.91 Å². The molecule has 2 heterocycles. The number of nitrogen functional groups attached to an aromatic ring is 1. The van der Waals surface area contributed by atoms with Crippen molar-refractivity contribution in [2.24, 2.45) is 0 Å². The molecule has 0 radical (unpaired) electrons. The van der Waals surface area contributed by atoms with Crippen LogP contribution in [-0.2, 0) is 0 Å². The second-order valence-electron chi connectivity index (χ2n) is 4.13. The van der Waals surface area contributed by atoms with E-state index in [1.807, 2.05) is 30.3 Å². The number of amides is 1. The molecule has 3 rings (SSSR count). The van der Waals surface area contributed by atoms with Gasteiger partial charge in [0.2, 0.25) is 0 Å². The van der Waals surface area contributed by atoms with Gasteiger partial charge in [0.05, 0.1) is 11.4 Å². The highest BCUT2D eigenvalue weighted by Gasteiger charge is 2.17. The van der Waals surface area contributed by atoms with Gasteiger partial charge in [-0.2, -0.15) is 0 Å². The van der Waals surface area contributed by atoms with Crippen molar-refractivity contribution in [1.82, 2.24) is 4.98 Å². The van der Waals surface area contributed by atoms with E-state index in [2.05, 4.69) is 26.2 Å². The molecule has 4 nitrogen and oxygen atoms in total. The van der Waals surface area contributed by atoms with E-state index in [1.165, 1.54) is 11.3 Å². The monoisotopic (exact) mass is 347 g/mol. The van der Waals surface area contributed by atoms with Crippen LogP contribution in [0.25, 0.3) is 10.2 Å². The molecule has 1 aromatic carbocycles. The number of halogens is 1. The summed E-state index contributed by atoms with van der Waals surface area (Å²) < 4.78 is 0.825. The highest BCUT2D eigenvalue weighted by molar-refractivity contribution is 9.10. The van der Waals surface area contributed by atoms with Gasteiger partial charge in [-0.25, -0.2) is 4.98 Å². The van der Waals surface area contributed by atoms with Crippen LogP contribution in [0.3, 0.4) is 0 Å². The topological polar surface area (TPSA) is 68.0 Å². The van der Waals surface area contributed by atoms with Crippen LogP contribution in [0.2, 0.25) is 0 Å². The zero-order valence-electron chi connectivity index (χ0n) is 10.3. The molecular weight excluding hydrogens is 338 g/mol. The molecule has 0 saturated carbocycles. The van der Waals surface area contributed by atoms with Gasteiger partial charge in [-0.1, -0.05) is 12.1 Å². The molecule has 2 aromatic heterocycles. The number of fused-ring (bicyclic) bond motifs is 1. The predicted octanol–water partition coefficient (Wildman–Crippen LogP) is 3.89. The largest absolute Gasteiger partial charge is 0.397 e. The van der Waals surface area contributed by atoms with E-state index in [0.717, 1.165) is 14.7 Å². The normalized spacial score (nSPS) is 10.7. The Morgan fingerprint density at radius 3 is 2.80 bits per heavy atom. The van der Waals surface area contributed by atoms with Crippen molar-refractivity contribution in [3.63, 3.8) is 0 Å². The number of anilines is 2. The average Bonchev–Trinajstić information content (AvgIpc) is 2.79. The van der Waals surface area contributed by atoms with Crippen LogP contribution in [0.15, 0.2) is 47.1 Å². The number of hydrogen-bond donors (Lipinski definition) is 2. The van der Waals surface area contributed by atoms with Crippen LogP contribution >= 0.6 is 27.3 Å². The Labute approximate surface area is 127 Å². The standard InChI is InChI=1S/C14H10BrN3OS/c15-9-5-1-2-6-10(9)18-13(19)12-11(16)8-4-3-7-17-14(8)20-12/h1-7H,16H2,(H,18,19). The first-order chi connectivity index (χ1) is 9.66. The molecule has 1 amide bonds. The quantitative estimate of drug-likeness (QED) is 0.738. The van der Waals surface area contributed by atoms with E-state index >= 15 is 0 Å². The summed E-state index contributed by atoms with van der Waals surface area (Å²) >= 11 is 4.69. The third-order valence-corrected chi connectivity index (χ3v) is 4.65. The molecule has 0 aliphatic carbocycles. The molecule has 0 unspecified atom stereocenters. The van der Waals surface area contributed by atoms with Gasteiger partial charge in [0.25, 0.3) is 5.91 Å². The van der Waals surface area contributed by atoms with Gasteiger partial charge in [-0.3, -0.25) is 4.79 Å². The molecule has 0 bridgehead atoms. The lowest BCUT2D eigenvalue weighted by Crippen LogP contribution is -2.12. The van der Waals surface area contributed by atoms with Crippen molar-refractivity contribution in [1.29, 1.82) is 0 Å². The van der Waals surface area contributed by atoms with Crippen LogP contribution in [0.4, 0.5) is 11.4 Å². The summed E-state index contributed by atoms with van der Waals surface area (Å²) in [5.74, 6) is -0.225. The Hall–Kier alpha value is -1.92. The van der Waals surface area contributed by atoms with Gasteiger partial charge in [0.1, 0.15) is 9.71 Å². The maximum atomic E-state index is 12.3. The molecule has 3 N–H and O–H groups in total. The first-order valence-electron chi connectivity index (χ1n) is 5.85. The molecule has 0 spiro atoms. The molecule has 3 aromatic rings. The lowest BCUT2D eigenvalue weighted by atomic mass is 10.2. The first kappa shape index (κ1) is 13.1. The van der Waals surface area contributed by atoms with Crippen molar-refractivity contribution in [3.8, 4) is 0 Å². The number of nitrogens with one attached hydrogen (secondary N) is 1. The van der Waals surface area contributed by atoms with E-state index in [1.54, 1.807) is 12.3 Å². The van der Waals surface area contributed by atoms with Crippen LogP contribution in [-0.4, -0.2) is 10.9 Å². The number of nitrogens with two attached hydrogens (primary N) is 1. The second kappa shape index (κ2) is 5.22. The van der Waals surface area contributed by atoms with Gasteiger partial charge in [-0.15, -0.1) is 11.3 Å². The molecular formula is C14H10BrN3OS. The number of carbonyl (C=O) groups is 1. The Balaban J connectivity index is 1.97. The molecule has 0 aliphatic rings. The van der Waals surface area contributed by atoms with Crippen LogP contribution in [0, 0.1) is 0 Å². The fourth-order valence-corrected chi connectivity index (χ4v) is 3.20. The van der Waals surface area contributed by atoms with E-state index < -0.39 is 0 Å². The molecule has 0 aliphatic heterocycles. The molecule has 0 atom stereocenters. The predicted molar refractivity (Wildman–Crippen MR) is 86.1 cm³/mol. The fourth-order valence-electron chi connectivity index (χ4n) is 1.86. The van der Waals surface area contributed by atoms with Crippen molar-refractivity contribution < 1.29 is 4.79 Å². The van der Waals surface area contributed by atoms with Gasteiger partial charge < -0.3 is 11.1 Å². The second-order valence-corrected chi connectivity index (χ2v) is 5.99. The van der Waals surface area contributed by atoms with Gasteiger partial charge >= 0.3 is 0 Å². The van der Waals surface area contributed by atoms with E-state index in [0.29, 0.717) is 16.3 Å². The summed E-state index contributed by atoms with van der Waals surface area (Å²) in [7, 11) is 0. The lowest BCUT2D eigenvalue weighted by Gasteiger charge is -2.06. The number of hydrogen-bond acceptors (Lipinski definition) is 4. The smallest absolute Gasteiger partial charge is 0.267 e. The Morgan fingerprint density at radius 1 is 1.25 bits per heavy atom. The number of rotatable bonds is 2. The van der Waals surface area contributed by atoms with Crippen LogP contribution in [0.1, 0.15) is 9.67 Å². The van der Waals surface area contributed by atoms with Crippen molar-refractivity contribution in [2.75, 3.05) is 11.1 Å². The SMILES string of the molecule is Nc1c(C(=O)Nc2ccccc2Br)sc2ncccc12. The van der Waals surface area contributed by atoms with Gasteiger partial charge in [0.15, 0.2) is 0 Å². The minimum Gasteiger partial charge on any atom is -0.397 e. The van der Waals surface area contributed by atoms with E-state index in [4.69, 9.17) is 5.73 Å². The van der Waals surface area contributed by atoms with Crippen LogP contribution in [0.5, 0.6) is 0 Å². The minimum atomic E-state index is -0.225. The number of thiophene rings is 1. The number of carbonyl (C=O) groups excluding carboxylic acids is 1. The molecule has 0 saturated heterocycles. The Bertz CT molecular complexity index is 800. The Morgan fingerprint density at radius 2 is 2.05 bits per heavy atom. The van der Waals surface area contributed by atoms with E-state index in [9.17, 15) is 4.79 Å². The maximum Gasteiger partial charge on any atom is 0.267 e. The fraction of sp³-hybridized carbons (Fsp3) is 0. The first-order valence-corrected chi connectivity index (χ1v) is 7.46. The summed E-state index contributed by atoms with van der Waals surface area (Å²) in [6.07, 6.45) is 1.69. The molecule has 6 heteroatoms. The van der Waals surface area contributed by atoms with Crippen molar-refractivity contribution in [2.45, 2.75) is 0 Å². The van der Waals surface area contributed by atoms with Gasteiger partial charge in [-0.05, 0) is 40.2 Å². The lowest BCUT2D eigenvalue weighted by molar-refractivity contribution is 0.103. The third-order valence-electron chi connectivity index (χ3n) is 2.83. The van der Waals surface area contributed by atoms with Crippen molar-refractivity contribution >= 4 is 54.8 Å². The van der Waals surface area contributed by atoms with Crippen LogP contribution < -0.4 is 11.1 Å². The summed E-state index contributed by atoms with van der Waals surface area (Å²) in [4.78, 5) is 17.8. The zero-order valence-corrected chi connectivity index (χ0v) is 12.7. The zero-order chi connectivity index (χ0) is 14.1. The van der Waals surface area contributed by atoms with Gasteiger partial charge in [0, 0.05) is 16.1 Å². The molecule has 100 valence electrons. The molecule has 0 fully saturated rings. The average molecular weight is 348 g/mol. The third kappa shape index (κ3) is 2.28. The number of pyridine rings is 1. The summed E-state index contributed by atoms with van der Waals surface area (Å²) in [5, 5.41) is 3.66. The molecule has 20 heavy (non-hydrogen) atoms. The summed E-state index contributed by atoms with van der Waals surface area (Å²) in [6.45, 7) is 0. The number of para-hydroxylation sites is 1. The maximum absolute atomic E-state index is 12.3. The number of nitrogens with zero attached hydrogens (tertiary/aromatic N) is 1. The highest BCUT2D eigenvalue weighted by Crippen LogP contribution is 2.33. The van der Waals surface area contributed by atoms with Crippen molar-refractivity contribution in [3.05, 3.63) is 51.9 Å². The minimum absolute atomic E-state index is 0.225. The Kier molecular flexibility index (Phi) is 3.42. The number of benzene rings is 1. The highest BCUT2D eigenvalue weighted by atomic mass is 79.9. The summed E-state index contributed by atoms with van der Waals surface area (Å²) in [6, 6.07) is 11.1.